The van der Waals surface area contributed by atoms with E-state index in [4.69, 9.17) is 6.42 Å². The molecule has 0 heterocycles. The van der Waals surface area contributed by atoms with E-state index in [1.54, 1.807) is 7.05 Å². The maximum atomic E-state index is 11.6. The molecule has 1 amide bonds. The normalized spacial score (nSPS) is 13.7. The summed E-state index contributed by atoms with van der Waals surface area (Å²) in [6.45, 7) is 7.09. The molecule has 0 aliphatic rings. The maximum absolute atomic E-state index is 11.6. The first-order valence-corrected chi connectivity index (χ1v) is 5.08. The average molecular weight is 222 g/mol. The summed E-state index contributed by atoms with van der Waals surface area (Å²) >= 11 is 0. The zero-order valence-corrected chi connectivity index (χ0v) is 9.91. The molecule has 0 aromatic carbocycles. The number of ketones is 1. The fraction of sp³-hybridized carbons (Fsp3) is 0.500. The molecule has 0 aromatic rings. The lowest BCUT2D eigenvalue weighted by Gasteiger charge is -2.21. The van der Waals surface area contributed by atoms with Gasteiger partial charge in [0.2, 0.25) is 5.91 Å². The molecule has 0 bridgehead atoms. The standard InChI is InChI=1S/C12H18N2O2/c1-6-9(13-5)12(16)14-11(8(3)4)10(15)7-2/h1,7-9,11,13H,2H2,3-5H3,(H,14,16)/t9-,11-/m0/s1. The molecule has 0 saturated heterocycles. The molecular weight excluding hydrogens is 204 g/mol. The fourth-order valence-corrected chi connectivity index (χ4v) is 1.22. The van der Waals surface area contributed by atoms with Crippen LogP contribution in [0, 0.1) is 18.3 Å². The second-order valence-corrected chi connectivity index (χ2v) is 3.73. The number of carbonyl (C=O) groups excluding carboxylic acids is 2. The van der Waals surface area contributed by atoms with Crippen molar-refractivity contribution in [2.75, 3.05) is 7.05 Å². The van der Waals surface area contributed by atoms with Crippen LogP contribution in [0.3, 0.4) is 0 Å². The van der Waals surface area contributed by atoms with Crippen molar-refractivity contribution in [2.45, 2.75) is 25.9 Å². The van der Waals surface area contributed by atoms with E-state index in [2.05, 4.69) is 23.1 Å². The molecule has 4 nitrogen and oxygen atoms in total. The Morgan fingerprint density at radius 3 is 2.31 bits per heavy atom. The molecule has 0 aliphatic heterocycles. The minimum Gasteiger partial charge on any atom is -0.343 e. The Morgan fingerprint density at radius 2 is 2.00 bits per heavy atom. The van der Waals surface area contributed by atoms with Crippen LogP contribution in [0.5, 0.6) is 0 Å². The fourth-order valence-electron chi connectivity index (χ4n) is 1.22. The number of terminal acetylenes is 1. The lowest BCUT2D eigenvalue weighted by Crippen LogP contribution is -2.50. The topological polar surface area (TPSA) is 58.2 Å². The minimum atomic E-state index is -0.723. The Kier molecular flexibility index (Phi) is 6.12. The van der Waals surface area contributed by atoms with Gasteiger partial charge in [-0.3, -0.25) is 14.9 Å². The monoisotopic (exact) mass is 222 g/mol. The summed E-state index contributed by atoms with van der Waals surface area (Å²) in [5.41, 5.74) is 0. The lowest BCUT2D eigenvalue weighted by atomic mass is 9.99. The number of hydrogen-bond acceptors (Lipinski definition) is 3. The van der Waals surface area contributed by atoms with Crippen molar-refractivity contribution >= 4 is 11.7 Å². The molecular formula is C12H18N2O2. The number of carbonyl (C=O) groups is 2. The van der Waals surface area contributed by atoms with E-state index in [1.165, 1.54) is 6.08 Å². The van der Waals surface area contributed by atoms with Crippen molar-refractivity contribution in [2.24, 2.45) is 5.92 Å². The van der Waals surface area contributed by atoms with Gasteiger partial charge in [0.25, 0.3) is 0 Å². The van der Waals surface area contributed by atoms with Crippen molar-refractivity contribution in [1.82, 2.24) is 10.6 Å². The van der Waals surface area contributed by atoms with Gasteiger partial charge < -0.3 is 5.32 Å². The second kappa shape index (κ2) is 6.81. The van der Waals surface area contributed by atoms with E-state index < -0.39 is 12.1 Å². The van der Waals surface area contributed by atoms with Gasteiger partial charge >= 0.3 is 0 Å². The zero-order chi connectivity index (χ0) is 12.7. The average Bonchev–Trinajstić information content (AvgIpc) is 2.26. The molecule has 0 fully saturated rings. The predicted octanol–water partition coefficient (Wildman–Crippen LogP) is 0.103. The van der Waals surface area contributed by atoms with Crippen LogP contribution in [0.4, 0.5) is 0 Å². The van der Waals surface area contributed by atoms with Crippen LogP contribution in [0.25, 0.3) is 0 Å². The van der Waals surface area contributed by atoms with Crippen LogP contribution in [-0.2, 0) is 9.59 Å². The van der Waals surface area contributed by atoms with Crippen molar-refractivity contribution in [1.29, 1.82) is 0 Å². The van der Waals surface area contributed by atoms with E-state index in [0.29, 0.717) is 0 Å². The summed E-state index contributed by atoms with van der Waals surface area (Å²) in [7, 11) is 1.59. The van der Waals surface area contributed by atoms with E-state index in [1.807, 2.05) is 13.8 Å². The van der Waals surface area contributed by atoms with Crippen LogP contribution in [0.1, 0.15) is 13.8 Å². The smallest absolute Gasteiger partial charge is 0.250 e. The van der Waals surface area contributed by atoms with Crippen LogP contribution in [0.2, 0.25) is 0 Å². The second-order valence-electron chi connectivity index (χ2n) is 3.73. The third kappa shape index (κ3) is 3.87. The number of amides is 1. The Morgan fingerprint density at radius 1 is 1.44 bits per heavy atom. The molecule has 0 saturated carbocycles. The number of nitrogens with one attached hydrogen (secondary N) is 2. The summed E-state index contributed by atoms with van der Waals surface area (Å²) in [5.74, 6) is 1.69. The molecule has 0 rings (SSSR count). The minimum absolute atomic E-state index is 0.00951. The van der Waals surface area contributed by atoms with Gasteiger partial charge in [-0.1, -0.05) is 26.3 Å². The van der Waals surface area contributed by atoms with Crippen molar-refractivity contribution in [3.05, 3.63) is 12.7 Å². The number of likely N-dealkylation sites (N-methyl/N-ethyl adjacent to an activating group) is 1. The van der Waals surface area contributed by atoms with Crippen LogP contribution in [-0.4, -0.2) is 30.8 Å². The molecule has 4 heteroatoms. The highest BCUT2D eigenvalue weighted by molar-refractivity contribution is 5.97. The van der Waals surface area contributed by atoms with E-state index >= 15 is 0 Å². The third-order valence-electron chi connectivity index (χ3n) is 2.19. The Bertz CT molecular complexity index is 315. The van der Waals surface area contributed by atoms with Crippen LogP contribution >= 0.6 is 0 Å². The molecule has 0 spiro atoms. The molecule has 88 valence electrons. The molecule has 16 heavy (non-hydrogen) atoms. The van der Waals surface area contributed by atoms with Gasteiger partial charge in [0, 0.05) is 0 Å². The SMILES string of the molecule is C#C[C@H](NC)C(=O)N[C@H](C(=O)C=C)C(C)C. The van der Waals surface area contributed by atoms with E-state index in [0.717, 1.165) is 0 Å². The van der Waals surface area contributed by atoms with Crippen molar-refractivity contribution in [3.63, 3.8) is 0 Å². The van der Waals surface area contributed by atoms with Gasteiger partial charge in [0.05, 0.1) is 6.04 Å². The highest BCUT2D eigenvalue weighted by Crippen LogP contribution is 2.04. The molecule has 0 unspecified atom stereocenters. The summed E-state index contributed by atoms with van der Waals surface area (Å²) in [4.78, 5) is 23.1. The first kappa shape index (κ1) is 14.4. The number of hydrogen-bond donors (Lipinski definition) is 2. The predicted molar refractivity (Wildman–Crippen MR) is 63.7 cm³/mol. The summed E-state index contributed by atoms with van der Waals surface area (Å²) in [6, 6.07) is -1.30. The maximum Gasteiger partial charge on any atom is 0.250 e. The lowest BCUT2D eigenvalue weighted by molar-refractivity contribution is -0.127. The van der Waals surface area contributed by atoms with Crippen LogP contribution < -0.4 is 10.6 Å². The van der Waals surface area contributed by atoms with Crippen molar-refractivity contribution in [3.8, 4) is 12.3 Å². The van der Waals surface area contributed by atoms with Gasteiger partial charge in [-0.2, -0.15) is 0 Å². The number of rotatable bonds is 6. The molecule has 2 atom stereocenters. The molecule has 2 N–H and O–H groups in total. The van der Waals surface area contributed by atoms with E-state index in [9.17, 15) is 9.59 Å². The Balaban J connectivity index is 4.65. The van der Waals surface area contributed by atoms with Gasteiger partial charge in [-0.15, -0.1) is 6.42 Å². The first-order chi connectivity index (χ1) is 7.47. The summed E-state index contributed by atoms with van der Waals surface area (Å²) in [6.07, 6.45) is 6.37. The molecule has 0 aliphatic carbocycles. The summed E-state index contributed by atoms with van der Waals surface area (Å²) < 4.78 is 0. The molecule has 0 radical (unpaired) electrons. The first-order valence-electron chi connectivity index (χ1n) is 5.08. The van der Waals surface area contributed by atoms with Gasteiger partial charge in [0.15, 0.2) is 5.78 Å². The zero-order valence-electron chi connectivity index (χ0n) is 9.91. The van der Waals surface area contributed by atoms with Crippen molar-refractivity contribution < 1.29 is 9.59 Å². The van der Waals surface area contributed by atoms with Crippen LogP contribution in [0.15, 0.2) is 12.7 Å². The largest absolute Gasteiger partial charge is 0.343 e. The van der Waals surface area contributed by atoms with Gasteiger partial charge in [-0.25, -0.2) is 0 Å². The van der Waals surface area contributed by atoms with E-state index in [-0.39, 0.29) is 17.6 Å². The van der Waals surface area contributed by atoms with Gasteiger partial charge in [0.1, 0.15) is 6.04 Å². The van der Waals surface area contributed by atoms with Gasteiger partial charge in [-0.05, 0) is 19.0 Å². The quantitative estimate of drug-likeness (QED) is 0.495. The highest BCUT2D eigenvalue weighted by atomic mass is 16.2. The Hall–Kier alpha value is -1.60. The highest BCUT2D eigenvalue weighted by Gasteiger charge is 2.24. The third-order valence-corrected chi connectivity index (χ3v) is 2.19. The molecule has 0 aromatic heterocycles. The Labute approximate surface area is 96.5 Å². The summed E-state index contributed by atoms with van der Waals surface area (Å²) in [5, 5.41) is 5.27.